The van der Waals surface area contributed by atoms with Crippen molar-refractivity contribution < 1.29 is 4.79 Å². The Balaban J connectivity index is 1.31. The molecule has 0 amide bonds. The molecule has 0 unspecified atom stereocenters. The molecule has 160 valence electrons. The lowest BCUT2D eigenvalue weighted by atomic mass is 9.81. The maximum absolute atomic E-state index is 13.2. The van der Waals surface area contributed by atoms with Gasteiger partial charge in [-0.3, -0.25) is 4.79 Å². The number of anilines is 2. The molecule has 0 N–H and O–H groups in total. The Hall–Kier alpha value is -2.29. The van der Waals surface area contributed by atoms with Crippen molar-refractivity contribution >= 4 is 17.2 Å². The molecule has 0 aliphatic carbocycles. The van der Waals surface area contributed by atoms with Crippen molar-refractivity contribution in [3.05, 3.63) is 59.7 Å². The topological polar surface area (TPSA) is 23.6 Å². The Bertz CT molecular complexity index is 776. The summed E-state index contributed by atoms with van der Waals surface area (Å²) >= 11 is 0. The van der Waals surface area contributed by atoms with Crippen LogP contribution in [0.5, 0.6) is 0 Å². The first kappa shape index (κ1) is 21.0. The fraction of sp³-hybridized carbons (Fsp3) is 0.519. The minimum absolute atomic E-state index is 0.259. The average molecular weight is 405 g/mol. The van der Waals surface area contributed by atoms with Gasteiger partial charge in [0.1, 0.15) is 5.78 Å². The van der Waals surface area contributed by atoms with E-state index in [1.807, 2.05) is 0 Å². The Kier molecular flexibility index (Phi) is 6.76. The predicted molar refractivity (Wildman–Crippen MR) is 127 cm³/mol. The van der Waals surface area contributed by atoms with Gasteiger partial charge in [0, 0.05) is 49.4 Å². The van der Waals surface area contributed by atoms with Gasteiger partial charge in [-0.15, -0.1) is 0 Å². The van der Waals surface area contributed by atoms with Crippen molar-refractivity contribution in [2.24, 2.45) is 11.8 Å². The summed E-state index contributed by atoms with van der Waals surface area (Å²) in [6, 6.07) is 17.5. The van der Waals surface area contributed by atoms with Gasteiger partial charge in [-0.1, -0.05) is 50.2 Å². The summed E-state index contributed by atoms with van der Waals surface area (Å²) in [4.78, 5) is 18.2. The first-order chi connectivity index (χ1) is 14.7. The van der Waals surface area contributed by atoms with Gasteiger partial charge < -0.3 is 9.80 Å². The molecule has 2 aliphatic heterocycles. The number of ketones is 1. The highest BCUT2D eigenvalue weighted by Gasteiger charge is 2.33. The number of Topliss-reactive ketones (excluding diaryl/α,β-unsaturated/α-hetero) is 1. The van der Waals surface area contributed by atoms with Gasteiger partial charge in [-0.25, -0.2) is 0 Å². The molecular formula is C27H36N2O. The van der Waals surface area contributed by atoms with Crippen LogP contribution >= 0.6 is 0 Å². The number of piperidine rings is 2. The van der Waals surface area contributed by atoms with Gasteiger partial charge in [0.15, 0.2) is 0 Å². The molecule has 0 bridgehead atoms. The number of aryl methyl sites for hydroxylation is 2. The molecule has 0 spiro atoms. The van der Waals surface area contributed by atoms with Crippen molar-refractivity contribution in [1.82, 2.24) is 0 Å². The van der Waals surface area contributed by atoms with Crippen LogP contribution in [-0.4, -0.2) is 32.0 Å². The molecule has 2 fully saturated rings. The molecule has 2 aromatic carbocycles. The van der Waals surface area contributed by atoms with Crippen LogP contribution in [0.25, 0.3) is 0 Å². The Morgan fingerprint density at radius 1 is 0.700 bits per heavy atom. The second kappa shape index (κ2) is 9.68. The highest BCUT2D eigenvalue weighted by Crippen LogP contribution is 2.32. The molecule has 2 heterocycles. The monoisotopic (exact) mass is 404 g/mol. The van der Waals surface area contributed by atoms with Crippen molar-refractivity contribution in [3.63, 3.8) is 0 Å². The fourth-order valence-electron chi connectivity index (χ4n) is 5.38. The van der Waals surface area contributed by atoms with E-state index in [9.17, 15) is 4.79 Å². The Labute approximate surface area is 182 Å². The molecule has 2 saturated heterocycles. The zero-order valence-electron chi connectivity index (χ0n) is 18.6. The lowest BCUT2D eigenvalue weighted by Crippen LogP contribution is -2.42. The van der Waals surface area contributed by atoms with E-state index in [0.29, 0.717) is 5.78 Å². The Morgan fingerprint density at radius 2 is 1.07 bits per heavy atom. The summed E-state index contributed by atoms with van der Waals surface area (Å²) in [6.07, 6.45) is 6.17. The summed E-state index contributed by atoms with van der Waals surface area (Å²) in [5, 5.41) is 0. The van der Waals surface area contributed by atoms with Gasteiger partial charge in [0.2, 0.25) is 0 Å². The highest BCUT2D eigenvalue weighted by atomic mass is 16.1. The molecule has 0 atom stereocenters. The number of carbonyl (C=O) groups excluding carboxylic acids is 1. The van der Waals surface area contributed by atoms with E-state index >= 15 is 0 Å². The second-order valence-electron chi connectivity index (χ2n) is 8.89. The lowest BCUT2D eigenvalue weighted by Gasteiger charge is -2.38. The molecule has 30 heavy (non-hydrogen) atoms. The zero-order valence-corrected chi connectivity index (χ0v) is 18.6. The van der Waals surface area contributed by atoms with Gasteiger partial charge in [-0.2, -0.15) is 0 Å². The molecule has 3 heteroatoms. The largest absolute Gasteiger partial charge is 0.371 e. The second-order valence-corrected chi connectivity index (χ2v) is 8.89. The van der Waals surface area contributed by atoms with E-state index in [4.69, 9.17) is 0 Å². The van der Waals surface area contributed by atoms with E-state index < -0.39 is 0 Å². The maximum Gasteiger partial charge on any atom is 0.139 e. The normalized spacial score (nSPS) is 18.6. The van der Waals surface area contributed by atoms with Gasteiger partial charge >= 0.3 is 0 Å². The minimum Gasteiger partial charge on any atom is -0.371 e. The zero-order chi connectivity index (χ0) is 20.9. The van der Waals surface area contributed by atoms with Crippen LogP contribution < -0.4 is 9.80 Å². The smallest absolute Gasteiger partial charge is 0.139 e. The fourth-order valence-corrected chi connectivity index (χ4v) is 5.38. The number of para-hydroxylation sites is 2. The summed E-state index contributed by atoms with van der Waals surface area (Å²) < 4.78 is 0. The van der Waals surface area contributed by atoms with Crippen LogP contribution in [0, 0.1) is 11.8 Å². The first-order valence-corrected chi connectivity index (χ1v) is 11.9. The molecular weight excluding hydrogens is 368 g/mol. The van der Waals surface area contributed by atoms with Gasteiger partial charge in [0.05, 0.1) is 0 Å². The first-order valence-electron chi connectivity index (χ1n) is 11.9. The standard InChI is InChI=1S/C27H36N2O/c1-3-21-9-5-7-11-25(21)28-17-13-23(14-18-28)27(30)24-15-19-29(20-16-24)26-12-8-6-10-22(26)4-2/h5-12,23-24H,3-4,13-20H2,1-2H3. The van der Waals surface area contributed by atoms with E-state index in [-0.39, 0.29) is 11.8 Å². The Morgan fingerprint density at radius 3 is 1.43 bits per heavy atom. The molecule has 3 nitrogen and oxygen atoms in total. The molecule has 0 saturated carbocycles. The van der Waals surface area contributed by atoms with Crippen LogP contribution in [0.3, 0.4) is 0 Å². The van der Waals surface area contributed by atoms with E-state index in [1.165, 1.54) is 22.5 Å². The summed E-state index contributed by atoms with van der Waals surface area (Å²) in [6.45, 7) is 8.49. The van der Waals surface area contributed by atoms with Crippen molar-refractivity contribution in [3.8, 4) is 0 Å². The highest BCUT2D eigenvalue weighted by molar-refractivity contribution is 5.84. The number of rotatable bonds is 6. The van der Waals surface area contributed by atoms with Gasteiger partial charge in [-0.05, 0) is 61.8 Å². The molecule has 2 aromatic rings. The van der Waals surface area contributed by atoms with Crippen LogP contribution in [0.15, 0.2) is 48.5 Å². The quantitative estimate of drug-likeness (QED) is 0.634. The van der Waals surface area contributed by atoms with Crippen molar-refractivity contribution in [1.29, 1.82) is 0 Å². The number of nitrogens with zero attached hydrogens (tertiary/aromatic N) is 2. The third kappa shape index (κ3) is 4.40. The number of benzene rings is 2. The SMILES string of the molecule is CCc1ccccc1N1CCC(C(=O)C2CCN(c3ccccc3CC)CC2)CC1. The average Bonchev–Trinajstić information content (AvgIpc) is 2.83. The number of carbonyl (C=O) groups is 1. The van der Waals surface area contributed by atoms with Crippen molar-refractivity contribution in [2.45, 2.75) is 52.4 Å². The van der Waals surface area contributed by atoms with Crippen LogP contribution in [0.1, 0.15) is 50.7 Å². The van der Waals surface area contributed by atoms with E-state index in [1.54, 1.807) is 0 Å². The number of hydrogen-bond acceptors (Lipinski definition) is 3. The van der Waals surface area contributed by atoms with Crippen LogP contribution in [0.4, 0.5) is 11.4 Å². The molecule has 0 radical (unpaired) electrons. The third-order valence-electron chi connectivity index (χ3n) is 7.22. The molecule has 0 aromatic heterocycles. The minimum atomic E-state index is 0.259. The lowest BCUT2D eigenvalue weighted by molar-refractivity contribution is -0.128. The molecule has 4 rings (SSSR count). The van der Waals surface area contributed by atoms with Crippen LogP contribution in [-0.2, 0) is 17.6 Å². The van der Waals surface area contributed by atoms with Crippen molar-refractivity contribution in [2.75, 3.05) is 36.0 Å². The molecule has 2 aliphatic rings. The summed E-state index contributed by atoms with van der Waals surface area (Å²) in [7, 11) is 0. The summed E-state index contributed by atoms with van der Waals surface area (Å²) in [5.41, 5.74) is 5.58. The summed E-state index contributed by atoms with van der Waals surface area (Å²) in [5.74, 6) is 1.06. The predicted octanol–water partition coefficient (Wildman–Crippen LogP) is 5.51. The third-order valence-corrected chi connectivity index (χ3v) is 7.22. The van der Waals surface area contributed by atoms with Gasteiger partial charge in [0.25, 0.3) is 0 Å². The number of hydrogen-bond donors (Lipinski definition) is 0. The van der Waals surface area contributed by atoms with E-state index in [0.717, 1.165) is 64.7 Å². The van der Waals surface area contributed by atoms with Crippen LogP contribution in [0.2, 0.25) is 0 Å². The van der Waals surface area contributed by atoms with E-state index in [2.05, 4.69) is 72.2 Å². The maximum atomic E-state index is 13.2.